The number of aryl methyl sites for hydroxylation is 4. The molecule has 3 rings (SSSR count). The second-order valence-corrected chi connectivity index (χ2v) is 6.45. The third-order valence-corrected chi connectivity index (χ3v) is 4.27. The molecule has 0 unspecified atom stereocenters. The van der Waals surface area contributed by atoms with Gasteiger partial charge in [0, 0.05) is 18.1 Å². The lowest BCUT2D eigenvalue weighted by molar-refractivity contribution is 0.296. The summed E-state index contributed by atoms with van der Waals surface area (Å²) in [6.45, 7) is 6.75. The van der Waals surface area contributed by atoms with Crippen LogP contribution in [0.25, 0.3) is 0 Å². The number of amidine groups is 1. The molecule has 122 valence electrons. The van der Waals surface area contributed by atoms with Crippen LogP contribution in [0.3, 0.4) is 0 Å². The Labute approximate surface area is 140 Å². The van der Waals surface area contributed by atoms with Crippen molar-refractivity contribution >= 4 is 17.8 Å². The lowest BCUT2D eigenvalue weighted by Crippen LogP contribution is -2.19. The summed E-state index contributed by atoms with van der Waals surface area (Å²) in [5, 5.41) is 7.17. The summed E-state index contributed by atoms with van der Waals surface area (Å²) in [5.74, 6) is 3.67. The van der Waals surface area contributed by atoms with Crippen LogP contribution < -0.4 is 10.1 Å². The van der Waals surface area contributed by atoms with Gasteiger partial charge in [-0.3, -0.25) is 0 Å². The fourth-order valence-electron chi connectivity index (χ4n) is 2.65. The highest BCUT2D eigenvalue weighted by atomic mass is 32.2. The van der Waals surface area contributed by atoms with E-state index < -0.39 is 0 Å². The maximum absolute atomic E-state index is 5.99. The molecule has 0 amide bonds. The SMILES string of the molecule is Cc1cc(CCCOc2c(C)cc(C3=NSCN3)cc2C)on1. The second kappa shape index (κ2) is 7.08. The molecule has 1 aromatic carbocycles. The minimum Gasteiger partial charge on any atom is -0.493 e. The Morgan fingerprint density at radius 1 is 1.22 bits per heavy atom. The Morgan fingerprint density at radius 2 is 2.00 bits per heavy atom. The number of aromatic nitrogens is 1. The molecule has 0 bridgehead atoms. The molecule has 2 heterocycles. The van der Waals surface area contributed by atoms with Crippen LogP contribution in [0.5, 0.6) is 5.75 Å². The minimum absolute atomic E-state index is 0.663. The van der Waals surface area contributed by atoms with Crippen LogP contribution in [0, 0.1) is 20.8 Å². The van der Waals surface area contributed by atoms with E-state index in [2.05, 4.69) is 40.9 Å². The fourth-order valence-corrected chi connectivity index (χ4v) is 3.22. The van der Waals surface area contributed by atoms with Gasteiger partial charge in [-0.15, -0.1) is 0 Å². The van der Waals surface area contributed by atoms with E-state index in [1.807, 2.05) is 13.0 Å². The van der Waals surface area contributed by atoms with E-state index in [9.17, 15) is 0 Å². The molecule has 2 aromatic rings. The van der Waals surface area contributed by atoms with Crippen LogP contribution in [0.1, 0.15) is 34.6 Å². The maximum Gasteiger partial charge on any atom is 0.142 e. The van der Waals surface area contributed by atoms with Gasteiger partial charge in [0.15, 0.2) is 0 Å². The zero-order valence-corrected chi connectivity index (χ0v) is 14.5. The third-order valence-electron chi connectivity index (χ3n) is 3.68. The van der Waals surface area contributed by atoms with Crippen LogP contribution in [-0.2, 0) is 6.42 Å². The quantitative estimate of drug-likeness (QED) is 0.648. The van der Waals surface area contributed by atoms with E-state index in [4.69, 9.17) is 9.26 Å². The van der Waals surface area contributed by atoms with Crippen molar-refractivity contribution < 1.29 is 9.26 Å². The molecule has 0 radical (unpaired) electrons. The van der Waals surface area contributed by atoms with E-state index in [0.29, 0.717) is 6.61 Å². The zero-order valence-electron chi connectivity index (χ0n) is 13.7. The van der Waals surface area contributed by atoms with Crippen molar-refractivity contribution in [2.45, 2.75) is 33.6 Å². The lowest BCUT2D eigenvalue weighted by atomic mass is 10.0. The van der Waals surface area contributed by atoms with Crippen molar-refractivity contribution in [1.82, 2.24) is 10.5 Å². The van der Waals surface area contributed by atoms with Crippen molar-refractivity contribution in [3.8, 4) is 5.75 Å². The molecule has 1 aromatic heterocycles. The standard InChI is InChI=1S/C17H21N3O2S/c1-11-7-14(17-18-10-23-20-17)8-12(2)16(11)21-6-4-5-15-9-13(3)19-22-15/h7-9H,4-6,10H2,1-3H3,(H,18,20). The van der Waals surface area contributed by atoms with Crippen molar-refractivity contribution in [2.24, 2.45) is 4.40 Å². The number of hydrogen-bond donors (Lipinski definition) is 1. The summed E-state index contributed by atoms with van der Waals surface area (Å²) >= 11 is 1.54. The molecule has 0 fully saturated rings. The van der Waals surface area contributed by atoms with Crippen LogP contribution in [-0.4, -0.2) is 23.5 Å². The van der Waals surface area contributed by atoms with Gasteiger partial charge in [-0.05, 0) is 62.4 Å². The molecular weight excluding hydrogens is 310 g/mol. The van der Waals surface area contributed by atoms with E-state index in [1.165, 1.54) is 0 Å². The highest BCUT2D eigenvalue weighted by molar-refractivity contribution is 7.98. The first kappa shape index (κ1) is 15.9. The van der Waals surface area contributed by atoms with Gasteiger partial charge in [-0.2, -0.15) is 4.40 Å². The molecular formula is C17H21N3O2S. The molecule has 0 saturated heterocycles. The molecule has 5 nitrogen and oxygen atoms in total. The largest absolute Gasteiger partial charge is 0.493 e. The highest BCUT2D eigenvalue weighted by Crippen LogP contribution is 2.26. The van der Waals surface area contributed by atoms with Gasteiger partial charge >= 0.3 is 0 Å². The first-order valence-corrected chi connectivity index (χ1v) is 8.68. The normalized spacial score (nSPS) is 13.8. The lowest BCUT2D eigenvalue weighted by Gasteiger charge is -2.14. The Hall–Kier alpha value is -1.95. The van der Waals surface area contributed by atoms with Crippen LogP contribution in [0.2, 0.25) is 0 Å². The number of nitrogens with zero attached hydrogens (tertiary/aromatic N) is 2. The summed E-state index contributed by atoms with van der Waals surface area (Å²) in [4.78, 5) is 0. The number of nitrogens with one attached hydrogen (secondary N) is 1. The smallest absolute Gasteiger partial charge is 0.142 e. The minimum atomic E-state index is 0.663. The van der Waals surface area contributed by atoms with Gasteiger partial charge in [0.2, 0.25) is 0 Å². The highest BCUT2D eigenvalue weighted by Gasteiger charge is 2.13. The predicted molar refractivity (Wildman–Crippen MR) is 93.1 cm³/mol. The molecule has 23 heavy (non-hydrogen) atoms. The molecule has 6 heteroatoms. The van der Waals surface area contributed by atoms with Crippen LogP contribution in [0.15, 0.2) is 27.1 Å². The average molecular weight is 331 g/mol. The maximum atomic E-state index is 5.99. The molecule has 1 N–H and O–H groups in total. The summed E-state index contributed by atoms with van der Waals surface area (Å²) in [6.07, 6.45) is 1.75. The van der Waals surface area contributed by atoms with Crippen molar-refractivity contribution in [3.63, 3.8) is 0 Å². The van der Waals surface area contributed by atoms with Crippen molar-refractivity contribution in [2.75, 3.05) is 12.5 Å². The molecule has 0 atom stereocenters. The zero-order chi connectivity index (χ0) is 16.2. The Morgan fingerprint density at radius 3 is 2.61 bits per heavy atom. The summed E-state index contributed by atoms with van der Waals surface area (Å²) < 4.78 is 15.6. The van der Waals surface area contributed by atoms with Crippen LogP contribution >= 0.6 is 11.9 Å². The van der Waals surface area contributed by atoms with Gasteiger partial charge < -0.3 is 14.6 Å². The van der Waals surface area contributed by atoms with Gasteiger partial charge in [-0.25, -0.2) is 0 Å². The Kier molecular flexibility index (Phi) is 4.91. The number of hydrogen-bond acceptors (Lipinski definition) is 6. The molecule has 1 aliphatic heterocycles. The van der Waals surface area contributed by atoms with Gasteiger partial charge in [0.25, 0.3) is 0 Å². The molecule has 0 spiro atoms. The molecule has 1 aliphatic rings. The van der Waals surface area contributed by atoms with E-state index in [1.54, 1.807) is 11.9 Å². The third kappa shape index (κ3) is 3.88. The Balaban J connectivity index is 1.59. The van der Waals surface area contributed by atoms with Gasteiger partial charge in [-0.1, -0.05) is 5.16 Å². The summed E-state index contributed by atoms with van der Waals surface area (Å²) in [6, 6.07) is 6.22. The van der Waals surface area contributed by atoms with Crippen molar-refractivity contribution in [3.05, 3.63) is 46.3 Å². The van der Waals surface area contributed by atoms with Gasteiger partial charge in [0.05, 0.1) is 18.2 Å². The Bertz CT molecular complexity index is 701. The predicted octanol–water partition coefficient (Wildman–Crippen LogP) is 3.57. The average Bonchev–Trinajstić information content (AvgIpc) is 3.17. The van der Waals surface area contributed by atoms with E-state index in [0.717, 1.165) is 58.4 Å². The van der Waals surface area contributed by atoms with E-state index in [-0.39, 0.29) is 0 Å². The second-order valence-electron chi connectivity index (χ2n) is 5.72. The summed E-state index contributed by atoms with van der Waals surface area (Å²) in [7, 11) is 0. The molecule has 0 aliphatic carbocycles. The topological polar surface area (TPSA) is 59.6 Å². The number of benzene rings is 1. The van der Waals surface area contributed by atoms with Crippen LogP contribution in [0.4, 0.5) is 0 Å². The summed E-state index contributed by atoms with van der Waals surface area (Å²) in [5.41, 5.74) is 4.31. The first-order chi connectivity index (χ1) is 11.1. The van der Waals surface area contributed by atoms with Gasteiger partial charge in [0.1, 0.15) is 17.3 Å². The number of ether oxygens (including phenoxy) is 1. The van der Waals surface area contributed by atoms with E-state index >= 15 is 0 Å². The molecule has 0 saturated carbocycles. The monoisotopic (exact) mass is 331 g/mol. The van der Waals surface area contributed by atoms with Crippen molar-refractivity contribution in [1.29, 1.82) is 0 Å². The number of rotatable bonds is 6. The fraction of sp³-hybridized carbons (Fsp3) is 0.412. The first-order valence-electron chi connectivity index (χ1n) is 7.74.